The van der Waals surface area contributed by atoms with Crippen molar-refractivity contribution in [1.29, 1.82) is 0 Å². The molecule has 0 aliphatic carbocycles. The zero-order valence-corrected chi connectivity index (χ0v) is 10.5. The first-order valence-corrected chi connectivity index (χ1v) is 6.89. The maximum atomic E-state index is 12.2. The van der Waals surface area contributed by atoms with E-state index in [-0.39, 0.29) is 18.5 Å². The average molecular weight is 298 g/mol. The monoisotopic (exact) mass is 298 g/mol. The number of carbonyl (C=O) groups is 1. The van der Waals surface area contributed by atoms with Gasteiger partial charge in [-0.05, 0) is 19.8 Å². The summed E-state index contributed by atoms with van der Waals surface area (Å²) in [4.78, 5) is 13.1. The molecular formula is C10H11F3NO4S. The van der Waals surface area contributed by atoms with Gasteiger partial charge in [0.15, 0.2) is 0 Å². The summed E-state index contributed by atoms with van der Waals surface area (Å²) in [6, 6.07) is -0.590. The molecule has 2 heterocycles. The number of hydrogen-bond acceptors (Lipinski definition) is 4. The van der Waals surface area contributed by atoms with Gasteiger partial charge in [-0.2, -0.15) is 21.6 Å². The molecular weight excluding hydrogens is 287 g/mol. The predicted molar refractivity (Wildman–Crippen MR) is 57.8 cm³/mol. The third kappa shape index (κ3) is 2.56. The second-order valence-corrected chi connectivity index (χ2v) is 5.97. The summed E-state index contributed by atoms with van der Waals surface area (Å²) in [6.07, 6.45) is 1.92. The highest BCUT2D eigenvalue weighted by Gasteiger charge is 2.49. The largest absolute Gasteiger partial charge is 0.534 e. The molecule has 0 N–H and O–H groups in total. The minimum absolute atomic E-state index is 0.0485. The van der Waals surface area contributed by atoms with Crippen LogP contribution in [0.5, 0.6) is 0 Å². The third-order valence-electron chi connectivity index (χ3n) is 3.10. The molecule has 0 spiro atoms. The summed E-state index contributed by atoms with van der Waals surface area (Å²) in [5.41, 5.74) is -5.50. The van der Waals surface area contributed by atoms with Crippen LogP contribution in [0.15, 0.2) is 11.8 Å². The number of alkyl halides is 3. The molecule has 2 atom stereocenters. The highest BCUT2D eigenvalue weighted by atomic mass is 32.2. The van der Waals surface area contributed by atoms with E-state index in [2.05, 4.69) is 11.1 Å². The van der Waals surface area contributed by atoms with E-state index in [4.69, 9.17) is 0 Å². The number of nitrogens with zero attached hydrogens (tertiary/aromatic N) is 1. The fourth-order valence-electron chi connectivity index (χ4n) is 2.27. The lowest BCUT2D eigenvalue weighted by Crippen LogP contribution is -2.42. The Morgan fingerprint density at radius 2 is 2.00 bits per heavy atom. The Bertz CT molecular complexity index is 525. The molecule has 2 aliphatic heterocycles. The molecule has 9 heteroatoms. The average Bonchev–Trinajstić information content (AvgIpc) is 2.58. The van der Waals surface area contributed by atoms with Gasteiger partial charge >= 0.3 is 15.6 Å². The van der Waals surface area contributed by atoms with E-state index in [1.807, 2.05) is 0 Å². The fraction of sp³-hybridized carbons (Fsp3) is 0.600. The molecule has 1 amide bonds. The van der Waals surface area contributed by atoms with Crippen LogP contribution >= 0.6 is 0 Å². The molecule has 1 saturated heterocycles. The lowest BCUT2D eigenvalue weighted by atomic mass is 10.1. The topological polar surface area (TPSA) is 63.7 Å². The smallest absolute Gasteiger partial charge is 0.380 e. The van der Waals surface area contributed by atoms with Crippen molar-refractivity contribution in [3.05, 3.63) is 18.8 Å². The Kier molecular flexibility index (Phi) is 3.28. The quantitative estimate of drug-likeness (QED) is 0.570. The lowest BCUT2D eigenvalue weighted by molar-refractivity contribution is -0.129. The Labute approximate surface area is 108 Å². The van der Waals surface area contributed by atoms with E-state index >= 15 is 0 Å². The number of rotatable bonds is 2. The predicted octanol–water partition coefficient (Wildman–Crippen LogP) is 1.33. The molecule has 107 valence electrons. The second-order valence-electron chi connectivity index (χ2n) is 4.43. The van der Waals surface area contributed by atoms with Gasteiger partial charge in [0.1, 0.15) is 5.76 Å². The van der Waals surface area contributed by atoms with E-state index < -0.39 is 27.3 Å². The zero-order chi connectivity index (χ0) is 14.4. The van der Waals surface area contributed by atoms with E-state index in [0.29, 0.717) is 12.8 Å². The number of fused-ring (bicyclic) bond motifs is 1. The molecule has 0 aromatic heterocycles. The maximum absolute atomic E-state index is 12.2. The number of hydrogen-bond donors (Lipinski definition) is 0. The van der Waals surface area contributed by atoms with Crippen molar-refractivity contribution in [2.24, 2.45) is 0 Å². The van der Waals surface area contributed by atoms with Crippen LogP contribution in [0.25, 0.3) is 0 Å². The van der Waals surface area contributed by atoms with Crippen LogP contribution in [0.2, 0.25) is 0 Å². The van der Waals surface area contributed by atoms with E-state index in [1.165, 1.54) is 4.90 Å². The van der Waals surface area contributed by atoms with Crippen LogP contribution in [0.3, 0.4) is 0 Å². The molecule has 0 bridgehead atoms. The van der Waals surface area contributed by atoms with Crippen molar-refractivity contribution in [3.63, 3.8) is 0 Å². The summed E-state index contributed by atoms with van der Waals surface area (Å²) < 4.78 is 62.2. The van der Waals surface area contributed by atoms with Crippen molar-refractivity contribution in [1.82, 2.24) is 4.90 Å². The van der Waals surface area contributed by atoms with Crippen LogP contribution in [-0.2, 0) is 19.1 Å². The number of amides is 1. The minimum atomic E-state index is -5.72. The summed E-state index contributed by atoms with van der Waals surface area (Å²) >= 11 is 0. The number of carbonyl (C=O) groups excluding carboxylic acids is 1. The first-order valence-electron chi connectivity index (χ1n) is 5.48. The number of halogens is 3. The molecule has 19 heavy (non-hydrogen) atoms. The van der Waals surface area contributed by atoms with E-state index in [0.717, 1.165) is 6.08 Å². The van der Waals surface area contributed by atoms with Gasteiger partial charge in [-0.15, -0.1) is 0 Å². The molecule has 1 unspecified atom stereocenters. The Hall–Kier alpha value is -1.25. The van der Waals surface area contributed by atoms with E-state index in [9.17, 15) is 26.4 Å². The van der Waals surface area contributed by atoms with Gasteiger partial charge in [0.05, 0.1) is 0 Å². The summed E-state index contributed by atoms with van der Waals surface area (Å²) in [7, 11) is -5.72. The van der Waals surface area contributed by atoms with Crippen LogP contribution in [0.1, 0.15) is 19.3 Å². The molecule has 1 fully saturated rings. The summed E-state index contributed by atoms with van der Waals surface area (Å²) in [5, 5.41) is 0. The van der Waals surface area contributed by atoms with Crippen LogP contribution in [0, 0.1) is 6.92 Å². The Morgan fingerprint density at radius 3 is 2.58 bits per heavy atom. The van der Waals surface area contributed by atoms with Crippen LogP contribution < -0.4 is 0 Å². The lowest BCUT2D eigenvalue weighted by Gasteiger charge is -2.31. The molecule has 0 aromatic carbocycles. The van der Waals surface area contributed by atoms with E-state index in [1.54, 1.807) is 0 Å². The Balaban J connectivity index is 2.19. The van der Waals surface area contributed by atoms with Crippen LogP contribution in [0.4, 0.5) is 13.2 Å². The fourth-order valence-corrected chi connectivity index (χ4v) is 2.76. The van der Waals surface area contributed by atoms with Gasteiger partial charge in [-0.25, -0.2) is 0 Å². The minimum Gasteiger partial charge on any atom is -0.380 e. The van der Waals surface area contributed by atoms with Gasteiger partial charge in [0.25, 0.3) is 5.91 Å². The van der Waals surface area contributed by atoms with Gasteiger partial charge in [-0.3, -0.25) is 4.79 Å². The van der Waals surface area contributed by atoms with Crippen LogP contribution in [-0.4, -0.2) is 36.8 Å². The molecule has 0 saturated carbocycles. The molecule has 2 rings (SSSR count). The highest BCUT2D eigenvalue weighted by molar-refractivity contribution is 7.87. The maximum Gasteiger partial charge on any atom is 0.534 e. The SMILES string of the molecule is [CH2][C@H]1CCC2CC(OS(=O)(=O)C(F)(F)F)=CC(=O)N21. The molecule has 0 aromatic rings. The summed E-state index contributed by atoms with van der Waals surface area (Å²) in [6.45, 7) is 3.75. The molecule has 2 aliphatic rings. The second kappa shape index (κ2) is 4.39. The third-order valence-corrected chi connectivity index (χ3v) is 4.10. The first kappa shape index (κ1) is 14.2. The first-order chi connectivity index (χ1) is 8.62. The van der Waals surface area contributed by atoms with Gasteiger partial charge in [0.2, 0.25) is 0 Å². The van der Waals surface area contributed by atoms with Crippen molar-refractivity contribution in [2.45, 2.75) is 36.9 Å². The zero-order valence-electron chi connectivity index (χ0n) is 9.68. The molecule has 5 nitrogen and oxygen atoms in total. The van der Waals surface area contributed by atoms with Crippen molar-refractivity contribution < 1.29 is 30.6 Å². The van der Waals surface area contributed by atoms with Gasteiger partial charge < -0.3 is 9.08 Å². The van der Waals surface area contributed by atoms with Crippen molar-refractivity contribution >= 4 is 16.0 Å². The standard InChI is InChI=1S/C10H11F3NO4S/c1-6-2-3-7-4-8(5-9(15)14(6)7)18-19(16,17)10(11,12)13/h5-7H,1-4H2/t6-,7?/m0/s1. The van der Waals surface area contributed by atoms with Crippen molar-refractivity contribution in [3.8, 4) is 0 Å². The highest BCUT2D eigenvalue weighted by Crippen LogP contribution is 2.35. The van der Waals surface area contributed by atoms with Gasteiger partial charge in [-0.1, -0.05) is 0 Å². The van der Waals surface area contributed by atoms with Crippen molar-refractivity contribution in [2.75, 3.05) is 0 Å². The molecule has 1 radical (unpaired) electrons. The normalized spacial score (nSPS) is 28.1. The Morgan fingerprint density at radius 1 is 1.37 bits per heavy atom. The van der Waals surface area contributed by atoms with Gasteiger partial charge in [0, 0.05) is 24.6 Å². The summed E-state index contributed by atoms with van der Waals surface area (Å²) in [5.74, 6) is -1.04.